The second-order valence-corrected chi connectivity index (χ2v) is 4.43. The third-order valence-corrected chi connectivity index (χ3v) is 2.81. The first-order chi connectivity index (χ1) is 9.19. The van der Waals surface area contributed by atoms with Crippen LogP contribution in [0.15, 0.2) is 48.5 Å². The standard InChI is InChI=1S/C16H18O3/c1-12(17)14-6-8-15(9-7-14)19-16-5-3-4-13(10-16)11-18-2/h3-10,12,17H,11H2,1-2H3. The van der Waals surface area contributed by atoms with Gasteiger partial charge in [0.05, 0.1) is 12.7 Å². The number of methoxy groups -OCH3 is 1. The van der Waals surface area contributed by atoms with Gasteiger partial charge in [-0.1, -0.05) is 24.3 Å². The van der Waals surface area contributed by atoms with E-state index < -0.39 is 6.10 Å². The molecule has 0 aliphatic carbocycles. The van der Waals surface area contributed by atoms with Gasteiger partial charge in [-0.25, -0.2) is 0 Å². The summed E-state index contributed by atoms with van der Waals surface area (Å²) in [5, 5.41) is 9.45. The molecule has 1 unspecified atom stereocenters. The van der Waals surface area contributed by atoms with Crippen LogP contribution in [0.5, 0.6) is 11.5 Å². The molecule has 0 heterocycles. The van der Waals surface area contributed by atoms with Crippen LogP contribution >= 0.6 is 0 Å². The van der Waals surface area contributed by atoms with Gasteiger partial charge in [0.2, 0.25) is 0 Å². The number of rotatable bonds is 5. The van der Waals surface area contributed by atoms with Crippen LogP contribution in [-0.2, 0) is 11.3 Å². The molecule has 0 saturated heterocycles. The zero-order valence-corrected chi connectivity index (χ0v) is 11.2. The highest BCUT2D eigenvalue weighted by Gasteiger charge is 2.02. The van der Waals surface area contributed by atoms with Crippen molar-refractivity contribution >= 4 is 0 Å². The van der Waals surface area contributed by atoms with Gasteiger partial charge in [-0.05, 0) is 42.3 Å². The number of aliphatic hydroxyl groups excluding tert-OH is 1. The van der Waals surface area contributed by atoms with E-state index in [-0.39, 0.29) is 0 Å². The minimum absolute atomic E-state index is 0.459. The lowest BCUT2D eigenvalue weighted by atomic mass is 10.1. The molecule has 2 aromatic carbocycles. The van der Waals surface area contributed by atoms with E-state index in [9.17, 15) is 5.11 Å². The van der Waals surface area contributed by atoms with Crippen LogP contribution in [0.25, 0.3) is 0 Å². The van der Waals surface area contributed by atoms with Gasteiger partial charge < -0.3 is 14.6 Å². The fraction of sp³-hybridized carbons (Fsp3) is 0.250. The molecule has 19 heavy (non-hydrogen) atoms. The van der Waals surface area contributed by atoms with E-state index >= 15 is 0 Å². The number of ether oxygens (including phenoxy) is 2. The Labute approximate surface area is 113 Å². The van der Waals surface area contributed by atoms with Crippen LogP contribution in [0.2, 0.25) is 0 Å². The van der Waals surface area contributed by atoms with E-state index in [1.165, 1.54) is 0 Å². The number of benzene rings is 2. The molecule has 3 heteroatoms. The van der Waals surface area contributed by atoms with Crippen molar-refractivity contribution in [1.29, 1.82) is 0 Å². The Morgan fingerprint density at radius 2 is 1.79 bits per heavy atom. The summed E-state index contributed by atoms with van der Waals surface area (Å²) in [6, 6.07) is 15.2. The van der Waals surface area contributed by atoms with E-state index in [0.717, 1.165) is 22.6 Å². The van der Waals surface area contributed by atoms with E-state index in [4.69, 9.17) is 9.47 Å². The maximum Gasteiger partial charge on any atom is 0.127 e. The van der Waals surface area contributed by atoms with Crippen LogP contribution in [-0.4, -0.2) is 12.2 Å². The Balaban J connectivity index is 2.10. The smallest absolute Gasteiger partial charge is 0.127 e. The van der Waals surface area contributed by atoms with Gasteiger partial charge in [0, 0.05) is 7.11 Å². The molecule has 0 spiro atoms. The molecule has 0 aromatic heterocycles. The van der Waals surface area contributed by atoms with Crippen molar-refractivity contribution in [3.63, 3.8) is 0 Å². The van der Waals surface area contributed by atoms with Gasteiger partial charge >= 0.3 is 0 Å². The Morgan fingerprint density at radius 3 is 2.42 bits per heavy atom. The fourth-order valence-electron chi connectivity index (χ4n) is 1.82. The molecule has 0 bridgehead atoms. The first-order valence-corrected chi connectivity index (χ1v) is 6.23. The van der Waals surface area contributed by atoms with Crippen molar-refractivity contribution in [3.8, 4) is 11.5 Å². The van der Waals surface area contributed by atoms with Crippen LogP contribution in [0.3, 0.4) is 0 Å². The summed E-state index contributed by atoms with van der Waals surface area (Å²) in [4.78, 5) is 0. The maximum absolute atomic E-state index is 9.45. The van der Waals surface area contributed by atoms with E-state index in [1.54, 1.807) is 14.0 Å². The number of hydrogen-bond donors (Lipinski definition) is 1. The highest BCUT2D eigenvalue weighted by atomic mass is 16.5. The molecule has 100 valence electrons. The Bertz CT molecular complexity index is 518. The summed E-state index contributed by atoms with van der Waals surface area (Å²) in [6.45, 7) is 2.31. The molecule has 3 nitrogen and oxygen atoms in total. The summed E-state index contributed by atoms with van der Waals surface area (Å²) >= 11 is 0. The molecule has 2 aromatic rings. The molecule has 0 amide bonds. The predicted molar refractivity (Wildman–Crippen MR) is 74.3 cm³/mol. The minimum atomic E-state index is -0.459. The molecule has 2 rings (SSSR count). The molecule has 0 saturated carbocycles. The quantitative estimate of drug-likeness (QED) is 0.889. The second-order valence-electron chi connectivity index (χ2n) is 4.43. The van der Waals surface area contributed by atoms with Gasteiger partial charge in [-0.15, -0.1) is 0 Å². The molecular formula is C16H18O3. The average Bonchev–Trinajstić information content (AvgIpc) is 2.40. The minimum Gasteiger partial charge on any atom is -0.457 e. The Hall–Kier alpha value is -1.84. The summed E-state index contributed by atoms with van der Waals surface area (Å²) in [5.74, 6) is 1.53. The maximum atomic E-state index is 9.45. The highest BCUT2D eigenvalue weighted by molar-refractivity contribution is 5.35. The molecule has 0 fully saturated rings. The SMILES string of the molecule is COCc1cccc(Oc2ccc(C(C)O)cc2)c1. The van der Waals surface area contributed by atoms with Gasteiger partial charge in [-0.3, -0.25) is 0 Å². The van der Waals surface area contributed by atoms with Crippen molar-refractivity contribution in [2.75, 3.05) is 7.11 Å². The summed E-state index contributed by atoms with van der Waals surface area (Å²) < 4.78 is 10.9. The second kappa shape index (κ2) is 6.36. The lowest BCUT2D eigenvalue weighted by Crippen LogP contribution is -1.92. The van der Waals surface area contributed by atoms with Gasteiger partial charge in [0.1, 0.15) is 11.5 Å². The summed E-state index contributed by atoms with van der Waals surface area (Å²) in [7, 11) is 1.67. The van der Waals surface area contributed by atoms with Gasteiger partial charge in [-0.2, -0.15) is 0 Å². The van der Waals surface area contributed by atoms with Crippen LogP contribution in [0.4, 0.5) is 0 Å². The van der Waals surface area contributed by atoms with Crippen molar-refractivity contribution in [1.82, 2.24) is 0 Å². The molecule has 0 aliphatic rings. The van der Waals surface area contributed by atoms with Crippen molar-refractivity contribution in [2.45, 2.75) is 19.6 Å². The third-order valence-electron chi connectivity index (χ3n) is 2.81. The molecular weight excluding hydrogens is 240 g/mol. The lowest BCUT2D eigenvalue weighted by molar-refractivity contribution is 0.184. The number of hydrogen-bond acceptors (Lipinski definition) is 3. The Kier molecular flexibility index (Phi) is 4.55. The van der Waals surface area contributed by atoms with Crippen molar-refractivity contribution in [2.24, 2.45) is 0 Å². The average molecular weight is 258 g/mol. The van der Waals surface area contributed by atoms with Crippen LogP contribution in [0.1, 0.15) is 24.2 Å². The lowest BCUT2D eigenvalue weighted by Gasteiger charge is -2.09. The topological polar surface area (TPSA) is 38.7 Å². The van der Waals surface area contributed by atoms with Gasteiger partial charge in [0.15, 0.2) is 0 Å². The molecule has 0 aliphatic heterocycles. The van der Waals surface area contributed by atoms with Crippen LogP contribution < -0.4 is 4.74 Å². The van der Waals surface area contributed by atoms with Crippen molar-refractivity contribution < 1.29 is 14.6 Å². The van der Waals surface area contributed by atoms with Gasteiger partial charge in [0.25, 0.3) is 0 Å². The third kappa shape index (κ3) is 3.81. The first-order valence-electron chi connectivity index (χ1n) is 6.23. The van der Waals surface area contributed by atoms with E-state index in [2.05, 4.69) is 0 Å². The Morgan fingerprint density at radius 1 is 1.05 bits per heavy atom. The normalized spacial score (nSPS) is 12.2. The van der Waals surface area contributed by atoms with Crippen molar-refractivity contribution in [3.05, 3.63) is 59.7 Å². The molecule has 1 atom stereocenters. The highest BCUT2D eigenvalue weighted by Crippen LogP contribution is 2.24. The molecule has 1 N–H and O–H groups in total. The monoisotopic (exact) mass is 258 g/mol. The van der Waals surface area contributed by atoms with E-state index in [0.29, 0.717) is 6.61 Å². The predicted octanol–water partition coefficient (Wildman–Crippen LogP) is 3.68. The van der Waals surface area contributed by atoms with E-state index in [1.807, 2.05) is 48.5 Å². The zero-order valence-electron chi connectivity index (χ0n) is 11.2. The number of aliphatic hydroxyl groups is 1. The summed E-state index contributed by atoms with van der Waals surface area (Å²) in [6.07, 6.45) is -0.459. The van der Waals surface area contributed by atoms with Crippen LogP contribution in [0, 0.1) is 0 Å². The zero-order chi connectivity index (χ0) is 13.7. The molecule has 0 radical (unpaired) electrons. The first kappa shape index (κ1) is 13.6. The fourth-order valence-corrected chi connectivity index (χ4v) is 1.82. The largest absolute Gasteiger partial charge is 0.457 e. The summed E-state index contributed by atoms with van der Waals surface area (Å²) in [5.41, 5.74) is 1.95.